The van der Waals surface area contributed by atoms with E-state index in [1.807, 2.05) is 0 Å². The summed E-state index contributed by atoms with van der Waals surface area (Å²) in [4.78, 5) is 23.7. The Bertz CT molecular complexity index is 257. The van der Waals surface area contributed by atoms with Crippen molar-refractivity contribution in [1.29, 1.82) is 0 Å². The van der Waals surface area contributed by atoms with Crippen LogP contribution in [-0.4, -0.2) is 54.7 Å². The smallest absolute Gasteiger partial charge is 0.303 e. The van der Waals surface area contributed by atoms with Crippen LogP contribution in [0.15, 0.2) is 0 Å². The number of nitrogens with zero attached hydrogens (tertiary/aromatic N) is 1. The summed E-state index contributed by atoms with van der Waals surface area (Å²) >= 11 is 0. The third-order valence-corrected chi connectivity index (χ3v) is 2.59. The molecule has 3 N–H and O–H groups in total. The number of carbonyl (C=O) groups is 2. The van der Waals surface area contributed by atoms with Gasteiger partial charge in [0, 0.05) is 26.1 Å². The molecule has 1 atom stereocenters. The molecular formula is C10H18N2O4. The summed E-state index contributed by atoms with van der Waals surface area (Å²) in [6.45, 7) is 1.96. The molecule has 1 amide bonds. The Morgan fingerprint density at radius 3 is 2.88 bits per heavy atom. The van der Waals surface area contributed by atoms with Gasteiger partial charge in [-0.05, 0) is 12.3 Å². The van der Waals surface area contributed by atoms with Crippen LogP contribution in [0.5, 0.6) is 0 Å². The molecule has 1 unspecified atom stereocenters. The molecule has 1 aliphatic rings. The van der Waals surface area contributed by atoms with Gasteiger partial charge in [0.2, 0.25) is 5.91 Å². The molecule has 16 heavy (non-hydrogen) atoms. The van der Waals surface area contributed by atoms with Crippen molar-refractivity contribution in [1.82, 2.24) is 4.90 Å². The predicted octanol–water partition coefficient (Wildman–Crippen LogP) is -0.715. The van der Waals surface area contributed by atoms with E-state index in [4.69, 9.17) is 15.6 Å². The van der Waals surface area contributed by atoms with Crippen molar-refractivity contribution in [3.05, 3.63) is 0 Å². The first-order valence-electron chi connectivity index (χ1n) is 5.41. The fraction of sp³-hybridized carbons (Fsp3) is 0.800. The molecule has 92 valence electrons. The third-order valence-electron chi connectivity index (χ3n) is 2.59. The highest BCUT2D eigenvalue weighted by Crippen LogP contribution is 2.19. The van der Waals surface area contributed by atoms with E-state index in [0.29, 0.717) is 26.2 Å². The SMILES string of the molecule is NCCOCC(=O)N1CCC(CC(=O)O)C1. The van der Waals surface area contributed by atoms with Crippen molar-refractivity contribution in [3.8, 4) is 0 Å². The largest absolute Gasteiger partial charge is 0.481 e. The summed E-state index contributed by atoms with van der Waals surface area (Å²) in [5, 5.41) is 8.63. The first-order valence-corrected chi connectivity index (χ1v) is 5.41. The zero-order valence-electron chi connectivity index (χ0n) is 9.22. The highest BCUT2D eigenvalue weighted by atomic mass is 16.5. The Balaban J connectivity index is 2.24. The number of aliphatic carboxylic acids is 1. The molecular weight excluding hydrogens is 212 g/mol. The van der Waals surface area contributed by atoms with Crippen LogP contribution in [-0.2, 0) is 14.3 Å². The van der Waals surface area contributed by atoms with Crippen LogP contribution in [0.2, 0.25) is 0 Å². The number of rotatable bonds is 6. The predicted molar refractivity (Wildman–Crippen MR) is 56.8 cm³/mol. The van der Waals surface area contributed by atoms with Gasteiger partial charge in [0.15, 0.2) is 0 Å². The molecule has 0 spiro atoms. The molecule has 0 aliphatic carbocycles. The Labute approximate surface area is 94.3 Å². The normalized spacial score (nSPS) is 20.1. The number of ether oxygens (including phenoxy) is 1. The van der Waals surface area contributed by atoms with Crippen molar-refractivity contribution >= 4 is 11.9 Å². The number of carboxylic acid groups (broad SMARTS) is 1. The van der Waals surface area contributed by atoms with E-state index in [2.05, 4.69) is 0 Å². The lowest BCUT2D eigenvalue weighted by Crippen LogP contribution is -2.32. The number of hydrogen-bond acceptors (Lipinski definition) is 4. The quantitative estimate of drug-likeness (QED) is 0.588. The first-order chi connectivity index (χ1) is 7.63. The summed E-state index contributed by atoms with van der Waals surface area (Å²) in [5.41, 5.74) is 5.23. The van der Waals surface area contributed by atoms with Gasteiger partial charge >= 0.3 is 5.97 Å². The summed E-state index contributed by atoms with van der Waals surface area (Å²) in [6.07, 6.45) is 0.891. The molecule has 0 bridgehead atoms. The summed E-state index contributed by atoms with van der Waals surface area (Å²) in [5.74, 6) is -0.809. The van der Waals surface area contributed by atoms with Crippen LogP contribution >= 0.6 is 0 Å². The maximum Gasteiger partial charge on any atom is 0.303 e. The second-order valence-electron chi connectivity index (χ2n) is 3.93. The van der Waals surface area contributed by atoms with E-state index >= 15 is 0 Å². The molecule has 1 rings (SSSR count). The Hall–Kier alpha value is -1.14. The number of hydrogen-bond donors (Lipinski definition) is 2. The monoisotopic (exact) mass is 230 g/mol. The van der Waals surface area contributed by atoms with Crippen LogP contribution < -0.4 is 5.73 Å². The number of amides is 1. The zero-order valence-corrected chi connectivity index (χ0v) is 9.22. The fourth-order valence-electron chi connectivity index (χ4n) is 1.81. The molecule has 0 saturated carbocycles. The standard InChI is InChI=1S/C10H18N2O4/c11-2-4-16-7-9(13)12-3-1-8(6-12)5-10(14)15/h8H,1-7,11H2,(H,14,15). The highest BCUT2D eigenvalue weighted by molar-refractivity contribution is 5.78. The molecule has 0 aromatic carbocycles. The van der Waals surface area contributed by atoms with Crippen molar-refractivity contribution < 1.29 is 19.4 Å². The van der Waals surface area contributed by atoms with Gasteiger partial charge in [-0.3, -0.25) is 9.59 Å². The van der Waals surface area contributed by atoms with Crippen molar-refractivity contribution in [2.45, 2.75) is 12.8 Å². The van der Waals surface area contributed by atoms with Crippen LogP contribution in [0.25, 0.3) is 0 Å². The van der Waals surface area contributed by atoms with Gasteiger partial charge in [-0.1, -0.05) is 0 Å². The zero-order chi connectivity index (χ0) is 12.0. The first kappa shape index (κ1) is 12.9. The molecule has 6 nitrogen and oxygen atoms in total. The van der Waals surface area contributed by atoms with Crippen LogP contribution in [0.1, 0.15) is 12.8 Å². The minimum absolute atomic E-state index is 0.0387. The molecule has 0 aromatic rings. The number of carboxylic acids is 1. The molecule has 6 heteroatoms. The van der Waals surface area contributed by atoms with E-state index < -0.39 is 5.97 Å². The summed E-state index contributed by atoms with van der Waals surface area (Å²) in [7, 11) is 0. The minimum atomic E-state index is -0.807. The van der Waals surface area contributed by atoms with Crippen LogP contribution in [0, 0.1) is 5.92 Å². The number of likely N-dealkylation sites (tertiary alicyclic amines) is 1. The highest BCUT2D eigenvalue weighted by Gasteiger charge is 2.27. The van der Waals surface area contributed by atoms with Gasteiger partial charge in [-0.2, -0.15) is 0 Å². The van der Waals surface area contributed by atoms with Gasteiger partial charge in [-0.25, -0.2) is 0 Å². The van der Waals surface area contributed by atoms with E-state index in [1.165, 1.54) is 0 Å². The lowest BCUT2D eigenvalue weighted by Gasteiger charge is -2.15. The maximum absolute atomic E-state index is 11.6. The van der Waals surface area contributed by atoms with Crippen LogP contribution in [0.3, 0.4) is 0 Å². The Kier molecular flexibility index (Phi) is 5.21. The van der Waals surface area contributed by atoms with Gasteiger partial charge in [0.05, 0.1) is 6.61 Å². The second kappa shape index (κ2) is 6.44. The number of carbonyl (C=O) groups excluding carboxylic acids is 1. The average molecular weight is 230 g/mol. The van der Waals surface area contributed by atoms with E-state index in [0.717, 1.165) is 6.42 Å². The molecule has 0 radical (unpaired) electrons. The molecule has 0 aromatic heterocycles. The number of nitrogens with two attached hydrogens (primary N) is 1. The summed E-state index contributed by atoms with van der Waals surface area (Å²) in [6, 6.07) is 0. The molecule has 1 aliphatic heterocycles. The van der Waals surface area contributed by atoms with Crippen molar-refractivity contribution in [2.24, 2.45) is 11.7 Å². The van der Waals surface area contributed by atoms with E-state index in [1.54, 1.807) is 4.90 Å². The fourth-order valence-corrected chi connectivity index (χ4v) is 1.81. The van der Waals surface area contributed by atoms with Gasteiger partial charge in [0.25, 0.3) is 0 Å². The molecule has 1 heterocycles. The van der Waals surface area contributed by atoms with E-state index in [-0.39, 0.29) is 24.9 Å². The average Bonchev–Trinajstić information content (AvgIpc) is 2.65. The van der Waals surface area contributed by atoms with Gasteiger partial charge in [0.1, 0.15) is 6.61 Å². The lowest BCUT2D eigenvalue weighted by molar-refractivity contribution is -0.139. The Morgan fingerprint density at radius 2 is 2.25 bits per heavy atom. The van der Waals surface area contributed by atoms with E-state index in [9.17, 15) is 9.59 Å². The summed E-state index contributed by atoms with van der Waals surface area (Å²) < 4.78 is 5.04. The minimum Gasteiger partial charge on any atom is -0.481 e. The van der Waals surface area contributed by atoms with Crippen LogP contribution in [0.4, 0.5) is 0 Å². The van der Waals surface area contributed by atoms with Crippen molar-refractivity contribution in [3.63, 3.8) is 0 Å². The third kappa shape index (κ3) is 4.16. The van der Waals surface area contributed by atoms with Crippen molar-refractivity contribution in [2.75, 3.05) is 32.8 Å². The maximum atomic E-state index is 11.6. The topological polar surface area (TPSA) is 92.9 Å². The second-order valence-corrected chi connectivity index (χ2v) is 3.93. The molecule has 1 fully saturated rings. The van der Waals surface area contributed by atoms with Gasteiger partial charge < -0.3 is 20.5 Å². The Morgan fingerprint density at radius 1 is 1.50 bits per heavy atom. The lowest BCUT2D eigenvalue weighted by atomic mass is 10.1. The molecule has 1 saturated heterocycles. The van der Waals surface area contributed by atoms with Gasteiger partial charge in [-0.15, -0.1) is 0 Å².